The van der Waals surface area contributed by atoms with Crippen LogP contribution >= 0.6 is 7.82 Å². The van der Waals surface area contributed by atoms with Crippen LogP contribution in [0.4, 0.5) is 0 Å². The zero-order valence-electron chi connectivity index (χ0n) is 44.2. The maximum absolute atomic E-state index is 12.9. The first-order valence-corrected chi connectivity index (χ1v) is 30.0. The molecule has 0 aromatic carbocycles. The number of carbonyl (C=O) groups excluding carboxylic acids is 1. The molecule has 0 rings (SSSR count). The number of hydrogen-bond donors (Lipinski definition) is 2. The molecule has 0 aliphatic rings. The Morgan fingerprint density at radius 3 is 1.20 bits per heavy atom. The van der Waals surface area contributed by atoms with E-state index in [1.54, 1.807) is 0 Å². The van der Waals surface area contributed by atoms with Gasteiger partial charge in [0.25, 0.3) is 7.82 Å². The molecule has 0 radical (unpaired) electrons. The zero-order chi connectivity index (χ0) is 47.8. The summed E-state index contributed by atoms with van der Waals surface area (Å²) in [6, 6.07) is -0.795. The van der Waals surface area contributed by atoms with Crippen molar-refractivity contribution in [3.05, 3.63) is 12.2 Å². The van der Waals surface area contributed by atoms with Crippen LogP contribution in [0.5, 0.6) is 0 Å². The van der Waals surface area contributed by atoms with Crippen LogP contribution < -0.4 is 10.2 Å². The molecule has 0 aromatic rings. The molecule has 0 spiro atoms. The fraction of sp³-hybridized carbons (Fsp3) is 0.946. The van der Waals surface area contributed by atoms with E-state index < -0.39 is 20.0 Å². The topological polar surface area (TPSA) is 108 Å². The summed E-state index contributed by atoms with van der Waals surface area (Å²) in [5, 5.41) is 13.9. The second-order valence-electron chi connectivity index (χ2n) is 21.0. The number of hydrogen-bond acceptors (Lipinski definition) is 6. The van der Waals surface area contributed by atoms with Crippen molar-refractivity contribution >= 4 is 13.7 Å². The van der Waals surface area contributed by atoms with Crippen molar-refractivity contribution in [1.29, 1.82) is 0 Å². The van der Waals surface area contributed by atoms with Crippen molar-refractivity contribution < 1.29 is 32.9 Å². The van der Waals surface area contributed by atoms with E-state index in [0.29, 0.717) is 23.9 Å². The summed E-state index contributed by atoms with van der Waals surface area (Å²) in [5.74, 6) is -0.161. The minimum Gasteiger partial charge on any atom is -0.756 e. The van der Waals surface area contributed by atoms with Crippen molar-refractivity contribution in [1.82, 2.24) is 5.32 Å². The summed E-state index contributed by atoms with van der Waals surface area (Å²) < 4.78 is 23.3. The van der Waals surface area contributed by atoms with Crippen molar-refractivity contribution in [2.24, 2.45) is 0 Å². The molecule has 0 bridgehead atoms. The summed E-state index contributed by atoms with van der Waals surface area (Å²) in [7, 11) is 1.32. The summed E-state index contributed by atoms with van der Waals surface area (Å²) in [6.07, 6.45) is 58.4. The van der Waals surface area contributed by atoms with Crippen LogP contribution in [0.1, 0.15) is 290 Å². The Hall–Kier alpha value is -0.760. The lowest BCUT2D eigenvalue weighted by Gasteiger charge is -2.30. The SMILES string of the molecule is CCCCCCCCCCCCCC/C=C\CCCCCCCCCCCCCCCCCCCC(=O)NC(COP(=O)([O-])OCC[N+](C)(C)C)C(O)CCCCCCCCCCCC. The van der Waals surface area contributed by atoms with Crippen LogP contribution in [0.15, 0.2) is 12.2 Å². The fourth-order valence-electron chi connectivity index (χ4n) is 8.74. The number of quaternary nitrogens is 1. The Balaban J connectivity index is 3.89. The number of nitrogens with zero attached hydrogens (tertiary/aromatic N) is 1. The van der Waals surface area contributed by atoms with Gasteiger partial charge in [-0.15, -0.1) is 0 Å². The predicted octanol–water partition coefficient (Wildman–Crippen LogP) is 16.4. The molecule has 2 N–H and O–H groups in total. The third-order valence-electron chi connectivity index (χ3n) is 13.3. The molecule has 65 heavy (non-hydrogen) atoms. The van der Waals surface area contributed by atoms with Gasteiger partial charge in [-0.05, 0) is 38.5 Å². The van der Waals surface area contributed by atoms with Gasteiger partial charge in [-0.2, -0.15) is 0 Å². The first-order valence-electron chi connectivity index (χ1n) is 28.5. The van der Waals surface area contributed by atoms with Crippen LogP contribution in [-0.2, 0) is 18.4 Å². The average Bonchev–Trinajstić information content (AvgIpc) is 3.26. The molecule has 3 atom stereocenters. The number of phosphoric ester groups is 1. The summed E-state index contributed by atoms with van der Waals surface area (Å²) in [5.41, 5.74) is 0. The predicted molar refractivity (Wildman–Crippen MR) is 279 cm³/mol. The second kappa shape index (κ2) is 48.3. The Labute approximate surface area is 405 Å². The van der Waals surface area contributed by atoms with Crippen molar-refractivity contribution in [3.63, 3.8) is 0 Å². The van der Waals surface area contributed by atoms with Gasteiger partial charge in [-0.3, -0.25) is 9.36 Å². The minimum absolute atomic E-state index is 0.0148. The van der Waals surface area contributed by atoms with Gasteiger partial charge in [0, 0.05) is 6.42 Å². The molecule has 1 amide bonds. The van der Waals surface area contributed by atoms with E-state index in [1.807, 2.05) is 21.1 Å². The van der Waals surface area contributed by atoms with E-state index in [-0.39, 0.29) is 19.1 Å². The molecule has 0 aromatic heterocycles. The average molecular weight is 942 g/mol. The number of carbonyl (C=O) groups is 1. The van der Waals surface area contributed by atoms with Crippen molar-refractivity contribution in [3.8, 4) is 0 Å². The highest BCUT2D eigenvalue weighted by Gasteiger charge is 2.24. The standard InChI is InChI=1S/C56H113N2O6P/c1-6-8-10-12-14-16-18-19-20-21-22-23-24-25-26-27-28-29-30-31-32-33-34-35-36-37-38-39-40-42-44-46-48-50-56(60)57-54(53-64-65(61,62)63-52-51-58(3,4)5)55(59)49-47-45-43-41-17-15-13-11-9-7-2/h25-26,54-55,59H,6-24,27-53H2,1-5H3,(H-,57,60,61,62)/b26-25-. The number of likely N-dealkylation sites (N-methyl/N-ethyl adjacent to an activating group) is 1. The lowest BCUT2D eigenvalue weighted by atomic mass is 10.0. The van der Waals surface area contributed by atoms with Crippen LogP contribution in [0.2, 0.25) is 0 Å². The highest BCUT2D eigenvalue weighted by Crippen LogP contribution is 2.38. The maximum atomic E-state index is 12.9. The van der Waals surface area contributed by atoms with E-state index in [9.17, 15) is 19.4 Å². The molecule has 0 saturated carbocycles. The number of amides is 1. The number of aliphatic hydroxyl groups is 1. The van der Waals surface area contributed by atoms with Gasteiger partial charge in [0.15, 0.2) is 0 Å². The normalized spacial score (nSPS) is 14.0. The van der Waals surface area contributed by atoms with E-state index in [4.69, 9.17) is 9.05 Å². The molecular weight excluding hydrogens is 828 g/mol. The molecule has 0 heterocycles. The molecule has 9 heteroatoms. The minimum atomic E-state index is -4.56. The summed E-state index contributed by atoms with van der Waals surface area (Å²) in [4.78, 5) is 25.4. The van der Waals surface area contributed by atoms with Gasteiger partial charge < -0.3 is 28.8 Å². The van der Waals surface area contributed by atoms with Gasteiger partial charge in [0.05, 0.1) is 39.9 Å². The van der Waals surface area contributed by atoms with Crippen LogP contribution in [-0.4, -0.2) is 68.5 Å². The third-order valence-corrected chi connectivity index (χ3v) is 14.2. The van der Waals surface area contributed by atoms with Gasteiger partial charge in [-0.25, -0.2) is 0 Å². The number of unbranched alkanes of at least 4 members (excludes halogenated alkanes) is 38. The molecular formula is C56H113N2O6P. The molecule has 0 saturated heterocycles. The van der Waals surface area contributed by atoms with Gasteiger partial charge in [0.1, 0.15) is 13.2 Å². The van der Waals surface area contributed by atoms with Gasteiger partial charge >= 0.3 is 0 Å². The first-order chi connectivity index (χ1) is 31.5. The molecule has 0 aliphatic heterocycles. The fourth-order valence-corrected chi connectivity index (χ4v) is 9.47. The largest absolute Gasteiger partial charge is 0.756 e. The first kappa shape index (κ1) is 64.2. The lowest BCUT2D eigenvalue weighted by Crippen LogP contribution is -2.46. The van der Waals surface area contributed by atoms with Crippen LogP contribution in [0.25, 0.3) is 0 Å². The Kier molecular flexibility index (Phi) is 47.7. The van der Waals surface area contributed by atoms with E-state index in [0.717, 1.165) is 38.5 Å². The number of aliphatic hydroxyl groups excluding tert-OH is 1. The Bertz CT molecular complexity index is 1070. The Morgan fingerprint density at radius 1 is 0.523 bits per heavy atom. The van der Waals surface area contributed by atoms with Crippen molar-refractivity contribution in [2.45, 2.75) is 302 Å². The van der Waals surface area contributed by atoms with E-state index >= 15 is 0 Å². The molecule has 388 valence electrons. The molecule has 0 fully saturated rings. The zero-order valence-corrected chi connectivity index (χ0v) is 45.1. The molecule has 8 nitrogen and oxygen atoms in total. The quantitative estimate of drug-likeness (QED) is 0.0272. The van der Waals surface area contributed by atoms with Gasteiger partial charge in [0.2, 0.25) is 5.91 Å². The summed E-state index contributed by atoms with van der Waals surface area (Å²) in [6.45, 7) is 4.73. The number of phosphoric acid groups is 1. The van der Waals surface area contributed by atoms with Gasteiger partial charge in [-0.1, -0.05) is 257 Å². The van der Waals surface area contributed by atoms with Crippen LogP contribution in [0, 0.1) is 0 Å². The monoisotopic (exact) mass is 941 g/mol. The van der Waals surface area contributed by atoms with E-state index in [1.165, 1.54) is 225 Å². The third kappa shape index (κ3) is 50.9. The van der Waals surface area contributed by atoms with Crippen molar-refractivity contribution in [2.75, 3.05) is 40.9 Å². The number of allylic oxidation sites excluding steroid dienone is 2. The maximum Gasteiger partial charge on any atom is 0.268 e. The highest BCUT2D eigenvalue weighted by atomic mass is 31.2. The smallest absolute Gasteiger partial charge is 0.268 e. The summed E-state index contributed by atoms with van der Waals surface area (Å²) >= 11 is 0. The second-order valence-corrected chi connectivity index (χ2v) is 22.4. The highest BCUT2D eigenvalue weighted by molar-refractivity contribution is 7.45. The Morgan fingerprint density at radius 2 is 0.846 bits per heavy atom. The van der Waals surface area contributed by atoms with E-state index in [2.05, 4.69) is 31.3 Å². The lowest BCUT2D eigenvalue weighted by molar-refractivity contribution is -0.870. The molecule has 0 aliphatic carbocycles. The number of nitrogens with one attached hydrogen (secondary N) is 1. The van der Waals surface area contributed by atoms with Crippen LogP contribution in [0.3, 0.4) is 0 Å². The molecule has 3 unspecified atom stereocenters. The number of rotatable bonds is 53.